The van der Waals surface area contributed by atoms with E-state index in [-0.39, 0.29) is 20.1 Å². The van der Waals surface area contributed by atoms with Gasteiger partial charge < -0.3 is 9.40 Å². The Kier molecular flexibility index (Phi) is 4.17. The number of aromatic nitrogens is 3. The van der Waals surface area contributed by atoms with Crippen molar-refractivity contribution in [3.05, 3.63) is 30.1 Å². The van der Waals surface area contributed by atoms with Crippen molar-refractivity contribution in [2.75, 3.05) is 6.67 Å². The molecule has 2 aromatic heterocycles. The molecule has 2 rings (SSSR count). The van der Waals surface area contributed by atoms with Crippen LogP contribution in [0, 0.1) is 13.2 Å². The van der Waals surface area contributed by atoms with Crippen LogP contribution in [-0.2, 0) is 26.5 Å². The van der Waals surface area contributed by atoms with Crippen molar-refractivity contribution in [2.24, 2.45) is 0 Å². The van der Waals surface area contributed by atoms with E-state index in [1.54, 1.807) is 19.2 Å². The average Bonchev–Trinajstić information content (AvgIpc) is 2.74. The number of rotatable bonds is 3. The number of nitrogens with zero attached hydrogens (tertiary/aromatic N) is 3. The second-order valence-electron chi connectivity index (χ2n) is 2.85. The van der Waals surface area contributed by atoms with Crippen LogP contribution in [0.25, 0.3) is 5.82 Å². The number of hydrogen-bond acceptors (Lipinski definition) is 3. The number of oxazole rings is 1. The van der Waals surface area contributed by atoms with Crippen LogP contribution >= 0.6 is 0 Å². The van der Waals surface area contributed by atoms with Gasteiger partial charge in [-0.25, -0.2) is 4.68 Å². The van der Waals surface area contributed by atoms with E-state index in [0.29, 0.717) is 23.8 Å². The first-order chi connectivity index (χ1) is 6.79. The van der Waals surface area contributed by atoms with Crippen molar-refractivity contribution < 1.29 is 28.9 Å². The monoisotopic (exact) mass is 387 g/mol. The molecule has 0 aliphatic carbocycles. The molecule has 15 heavy (non-hydrogen) atoms. The van der Waals surface area contributed by atoms with Crippen molar-refractivity contribution >= 4 is 0 Å². The largest absolute Gasteiger partial charge is 0.628 e. The van der Waals surface area contributed by atoms with Gasteiger partial charge in [0.2, 0.25) is 0 Å². The predicted molar refractivity (Wildman–Crippen MR) is 46.9 cm³/mol. The van der Waals surface area contributed by atoms with Gasteiger partial charge in [0.05, 0.1) is 18.2 Å². The van der Waals surface area contributed by atoms with Crippen LogP contribution < -0.4 is 0 Å². The molecule has 0 saturated heterocycles. The SMILES string of the molecule is Cc1nc(-n2ccc(CCF)n2)[c-]o1.[Ir]. The molecule has 4 nitrogen and oxygen atoms in total. The summed E-state index contributed by atoms with van der Waals surface area (Å²) in [6.07, 6.45) is 4.63. The van der Waals surface area contributed by atoms with Crippen molar-refractivity contribution in [3.63, 3.8) is 0 Å². The Bertz CT molecular complexity index is 426. The number of aryl methyl sites for hydroxylation is 2. The number of hydrogen-bond donors (Lipinski definition) is 0. The summed E-state index contributed by atoms with van der Waals surface area (Å²) in [4.78, 5) is 4.04. The predicted octanol–water partition coefficient (Wildman–Crippen LogP) is 1.48. The van der Waals surface area contributed by atoms with Gasteiger partial charge in [-0.15, -0.1) is 0 Å². The minimum Gasteiger partial charge on any atom is -0.628 e. The van der Waals surface area contributed by atoms with E-state index < -0.39 is 6.67 Å². The van der Waals surface area contributed by atoms with Gasteiger partial charge in [-0.3, -0.25) is 4.39 Å². The third kappa shape index (κ3) is 2.73. The van der Waals surface area contributed by atoms with Crippen LogP contribution in [0.2, 0.25) is 0 Å². The van der Waals surface area contributed by atoms with E-state index >= 15 is 0 Å². The van der Waals surface area contributed by atoms with Crippen molar-refractivity contribution in [1.29, 1.82) is 0 Å². The molecule has 2 heterocycles. The maximum atomic E-state index is 12.0. The molecule has 0 spiro atoms. The summed E-state index contributed by atoms with van der Waals surface area (Å²) < 4.78 is 18.4. The first-order valence-electron chi connectivity index (χ1n) is 4.25. The molecule has 0 fully saturated rings. The van der Waals surface area contributed by atoms with E-state index in [2.05, 4.69) is 16.3 Å². The Labute approximate surface area is 99.8 Å². The summed E-state index contributed by atoms with van der Waals surface area (Å²) in [6.45, 7) is 1.32. The molecule has 83 valence electrons. The molecule has 0 aliphatic heterocycles. The number of alkyl halides is 1. The third-order valence-electron chi connectivity index (χ3n) is 1.77. The van der Waals surface area contributed by atoms with E-state index in [1.165, 1.54) is 4.68 Å². The molecule has 0 amide bonds. The molecule has 0 atom stereocenters. The second kappa shape index (κ2) is 5.19. The third-order valence-corrected chi connectivity index (χ3v) is 1.77. The number of halogens is 1. The Hall–Kier alpha value is -1.00. The molecule has 0 aliphatic rings. The zero-order valence-corrected chi connectivity index (χ0v) is 10.4. The zero-order valence-electron chi connectivity index (χ0n) is 8.03. The average molecular weight is 386 g/mol. The maximum absolute atomic E-state index is 12.0. The van der Waals surface area contributed by atoms with Crippen LogP contribution in [0.4, 0.5) is 4.39 Å². The van der Waals surface area contributed by atoms with Gasteiger partial charge in [0.25, 0.3) is 0 Å². The summed E-state index contributed by atoms with van der Waals surface area (Å²) in [5.41, 5.74) is 0.696. The zero-order chi connectivity index (χ0) is 9.97. The summed E-state index contributed by atoms with van der Waals surface area (Å²) in [7, 11) is 0. The van der Waals surface area contributed by atoms with Gasteiger partial charge in [0.1, 0.15) is 0 Å². The molecule has 0 bridgehead atoms. The first kappa shape index (κ1) is 12.1. The maximum Gasteiger partial charge on any atom is 0.0950 e. The molecule has 0 unspecified atom stereocenters. The molecule has 2 aromatic rings. The van der Waals surface area contributed by atoms with E-state index in [1.807, 2.05) is 0 Å². The van der Waals surface area contributed by atoms with Crippen molar-refractivity contribution in [3.8, 4) is 5.82 Å². The Balaban J connectivity index is 0.00000112. The van der Waals surface area contributed by atoms with Gasteiger partial charge in [-0.1, -0.05) is 6.92 Å². The van der Waals surface area contributed by atoms with Crippen molar-refractivity contribution in [1.82, 2.24) is 14.8 Å². The minimum absolute atomic E-state index is 0. The first-order valence-corrected chi connectivity index (χ1v) is 4.25. The Morgan fingerprint density at radius 1 is 1.60 bits per heavy atom. The Morgan fingerprint density at radius 3 is 3.00 bits per heavy atom. The van der Waals surface area contributed by atoms with E-state index in [9.17, 15) is 4.39 Å². The van der Waals surface area contributed by atoms with Crippen LogP contribution in [0.1, 0.15) is 11.6 Å². The minimum atomic E-state index is -0.404. The molecular formula is C9H9FIrN3O-. The standard InChI is InChI=1S/C9H9FN3O.Ir/c1-7-11-9(6-14-7)13-5-3-8(12-13)2-4-10;/h3,5H,2,4H2,1H3;/q-1;. The quantitative estimate of drug-likeness (QED) is 0.751. The molecule has 0 saturated carbocycles. The van der Waals surface area contributed by atoms with Crippen LogP contribution in [-0.4, -0.2) is 21.4 Å². The normalized spacial score (nSPS) is 10.0. The van der Waals surface area contributed by atoms with Crippen LogP contribution in [0.5, 0.6) is 0 Å². The van der Waals surface area contributed by atoms with Gasteiger partial charge in [0, 0.05) is 38.6 Å². The smallest absolute Gasteiger partial charge is 0.0950 e. The second-order valence-corrected chi connectivity index (χ2v) is 2.85. The van der Waals surface area contributed by atoms with Crippen LogP contribution in [0.15, 0.2) is 16.7 Å². The van der Waals surface area contributed by atoms with Gasteiger partial charge in [-0.05, 0) is 12.3 Å². The van der Waals surface area contributed by atoms with Gasteiger partial charge in [-0.2, -0.15) is 5.10 Å². The topological polar surface area (TPSA) is 43.9 Å². The fraction of sp³-hybridized carbons (Fsp3) is 0.333. The molecule has 0 N–H and O–H groups in total. The van der Waals surface area contributed by atoms with Gasteiger partial charge >= 0.3 is 0 Å². The van der Waals surface area contributed by atoms with Crippen LogP contribution in [0.3, 0.4) is 0 Å². The summed E-state index contributed by atoms with van der Waals surface area (Å²) in [5.74, 6) is 1.02. The fourth-order valence-corrected chi connectivity index (χ4v) is 1.12. The molecule has 0 aromatic carbocycles. The molecular weight excluding hydrogens is 377 g/mol. The summed E-state index contributed by atoms with van der Waals surface area (Å²) >= 11 is 0. The summed E-state index contributed by atoms with van der Waals surface area (Å²) in [6, 6.07) is 1.75. The fourth-order valence-electron chi connectivity index (χ4n) is 1.12. The summed E-state index contributed by atoms with van der Waals surface area (Å²) in [5, 5.41) is 4.11. The molecule has 1 radical (unpaired) electrons. The van der Waals surface area contributed by atoms with E-state index in [0.717, 1.165) is 0 Å². The Morgan fingerprint density at radius 2 is 2.40 bits per heavy atom. The van der Waals surface area contributed by atoms with Crippen molar-refractivity contribution in [2.45, 2.75) is 13.3 Å². The van der Waals surface area contributed by atoms with E-state index in [4.69, 9.17) is 4.42 Å². The van der Waals surface area contributed by atoms with Gasteiger partial charge in [0.15, 0.2) is 0 Å². The molecule has 6 heteroatoms.